The summed E-state index contributed by atoms with van der Waals surface area (Å²) in [6.45, 7) is 13.2. The van der Waals surface area contributed by atoms with Crippen LogP contribution in [0.15, 0.2) is 65.1 Å². The molecule has 44 heavy (non-hydrogen) atoms. The number of aliphatic imine (C=N–C) groups is 1. The highest BCUT2D eigenvalue weighted by atomic mass is 35.5. The number of allylic oxidation sites excluding steroid dienone is 3. The van der Waals surface area contributed by atoms with Gasteiger partial charge in [0.1, 0.15) is 0 Å². The molecule has 1 aliphatic rings. The molecule has 1 aromatic heterocycles. The summed E-state index contributed by atoms with van der Waals surface area (Å²) < 4.78 is 67.1. The van der Waals surface area contributed by atoms with E-state index >= 15 is 0 Å². The number of nitrogens with zero attached hydrogens (tertiary/aromatic N) is 2. The molecule has 252 valence electrons. The van der Waals surface area contributed by atoms with Crippen molar-refractivity contribution in [3.05, 3.63) is 76.4 Å². The van der Waals surface area contributed by atoms with Crippen LogP contribution in [0.25, 0.3) is 0 Å². The van der Waals surface area contributed by atoms with Gasteiger partial charge in [-0.2, -0.15) is 26.3 Å². The Kier molecular flexibility index (Phi) is 24.9. The van der Waals surface area contributed by atoms with Crippen LogP contribution in [0, 0.1) is 12.3 Å². The summed E-state index contributed by atoms with van der Waals surface area (Å²) in [6.07, 6.45) is 6.56. The van der Waals surface area contributed by atoms with E-state index in [2.05, 4.69) is 30.1 Å². The fourth-order valence-corrected chi connectivity index (χ4v) is 3.44. The summed E-state index contributed by atoms with van der Waals surface area (Å²) in [6, 6.07) is 1.38. The number of aromatic nitrogens is 1. The molecule has 2 rings (SSSR count). The first-order valence-corrected chi connectivity index (χ1v) is 14.0. The Hall–Kier alpha value is -3.16. The topological polar surface area (TPSA) is 141 Å². The molecular weight excluding hydrogens is 612 g/mol. The monoisotopic (exact) mass is 657 g/mol. The number of rotatable bonds is 10. The molecule has 0 aliphatic heterocycles. The fraction of sp³-hybridized carbons (Fsp3) is 0.500. The Morgan fingerprint density at radius 2 is 1.75 bits per heavy atom. The Labute approximate surface area is 261 Å². The molecule has 0 atom stereocenters. The molecule has 1 fully saturated rings. The Morgan fingerprint density at radius 3 is 2.07 bits per heavy atom. The van der Waals surface area contributed by atoms with Crippen LogP contribution in [0.4, 0.5) is 26.3 Å². The normalized spacial score (nSPS) is 13.8. The highest BCUT2D eigenvalue weighted by Crippen LogP contribution is 2.52. The molecular formula is C30H46ClF6N5O2. The second-order valence-corrected chi connectivity index (χ2v) is 9.53. The summed E-state index contributed by atoms with van der Waals surface area (Å²) in [5, 5.41) is 8.93. The molecule has 0 radical (unpaired) electrons. The average Bonchev–Trinajstić information content (AvgIpc) is 3.69. The van der Waals surface area contributed by atoms with Gasteiger partial charge in [0, 0.05) is 24.7 Å². The fourth-order valence-electron chi connectivity index (χ4n) is 3.28. The first kappa shape index (κ1) is 45.3. The highest BCUT2D eigenvalue weighted by molar-refractivity contribution is 6.30. The number of carboxylic acids is 1. The van der Waals surface area contributed by atoms with E-state index in [0.29, 0.717) is 16.9 Å². The van der Waals surface area contributed by atoms with Gasteiger partial charge in [0.25, 0.3) is 0 Å². The zero-order chi connectivity index (χ0) is 35.1. The number of hydrogen-bond donors (Lipinski definition) is 4. The van der Waals surface area contributed by atoms with E-state index in [4.69, 9.17) is 33.9 Å². The van der Waals surface area contributed by atoms with E-state index in [1.165, 1.54) is 57.4 Å². The molecule has 7 N–H and O–H groups in total. The number of alkyl halides is 6. The lowest BCUT2D eigenvalue weighted by Gasteiger charge is -2.10. The average molecular weight is 658 g/mol. The molecule has 0 amide bonds. The maximum Gasteiger partial charge on any atom is 0.417 e. The summed E-state index contributed by atoms with van der Waals surface area (Å²) in [5.41, 5.74) is 17.2. The van der Waals surface area contributed by atoms with Crippen LogP contribution in [0.1, 0.15) is 75.9 Å². The van der Waals surface area contributed by atoms with Gasteiger partial charge in [-0.05, 0) is 75.3 Å². The first-order valence-electron chi connectivity index (χ1n) is 13.7. The van der Waals surface area contributed by atoms with Crippen molar-refractivity contribution in [2.45, 2.75) is 79.6 Å². The van der Waals surface area contributed by atoms with Crippen molar-refractivity contribution in [2.75, 3.05) is 13.1 Å². The minimum Gasteiger partial charge on any atom is -0.478 e. The second kappa shape index (κ2) is 24.2. The maximum absolute atomic E-state index is 12.7. The summed E-state index contributed by atoms with van der Waals surface area (Å²) >= 11 is 5.54. The maximum atomic E-state index is 12.7. The van der Waals surface area contributed by atoms with E-state index in [9.17, 15) is 31.1 Å². The number of nitrogens with two attached hydrogens (primary N) is 3. The van der Waals surface area contributed by atoms with Crippen molar-refractivity contribution in [3.63, 3.8) is 0 Å². The van der Waals surface area contributed by atoms with Crippen LogP contribution < -0.4 is 17.2 Å². The Morgan fingerprint density at radius 1 is 1.23 bits per heavy atom. The quantitative estimate of drug-likeness (QED) is 0.113. The lowest BCUT2D eigenvalue weighted by Crippen LogP contribution is -2.16. The molecule has 0 spiro atoms. The number of hydrogen-bond acceptors (Lipinski definition) is 6. The number of carbonyl (C=O) groups is 1. The van der Waals surface area contributed by atoms with Gasteiger partial charge >= 0.3 is 18.8 Å². The van der Waals surface area contributed by atoms with Crippen molar-refractivity contribution in [1.82, 2.24) is 4.98 Å². The minimum atomic E-state index is -4.54. The van der Waals surface area contributed by atoms with Crippen LogP contribution in [0.5, 0.6) is 0 Å². The van der Waals surface area contributed by atoms with Gasteiger partial charge in [-0.15, -0.1) is 0 Å². The molecule has 1 heterocycles. The molecule has 14 heteroatoms. The standard InChI is InChI=1S/C12H16F3N3.C8H17N.C7H6ClNO2.C2H6.CHF3/c1-4-8(2)18-7-11(12(13,14)15)5-10(6-16)9(3)17;1-2-3-8(4-5-8)6-7-9;1-4-6(7(10)11)2-5(8)3-9-4;1-2;2-1(3)4/h4-5,7H,1-2,6,16-17H2,3H3;2-7,9H2,1H3;2-3H,1H3,(H,10,11);1-2H3;1H/b10-9-,11-5+,18-7?;;;;. The molecule has 7 nitrogen and oxygen atoms in total. The van der Waals surface area contributed by atoms with Crippen molar-refractivity contribution in [3.8, 4) is 0 Å². The molecule has 0 bridgehead atoms. The summed E-state index contributed by atoms with van der Waals surface area (Å²) in [7, 11) is 0. The van der Waals surface area contributed by atoms with Crippen LogP contribution in [0.3, 0.4) is 0 Å². The van der Waals surface area contributed by atoms with Crippen LogP contribution in [-0.4, -0.2) is 48.2 Å². The molecule has 1 aromatic rings. The van der Waals surface area contributed by atoms with Crippen molar-refractivity contribution >= 4 is 23.8 Å². The van der Waals surface area contributed by atoms with E-state index in [-0.39, 0.29) is 29.1 Å². The largest absolute Gasteiger partial charge is 0.478 e. The number of aryl methyl sites for hydroxylation is 1. The third-order valence-corrected chi connectivity index (χ3v) is 5.89. The zero-order valence-electron chi connectivity index (χ0n) is 26.0. The van der Waals surface area contributed by atoms with Gasteiger partial charge in [-0.1, -0.05) is 52.0 Å². The molecule has 1 aliphatic carbocycles. The molecule has 0 saturated heterocycles. The second-order valence-electron chi connectivity index (χ2n) is 9.09. The van der Waals surface area contributed by atoms with Crippen molar-refractivity contribution in [2.24, 2.45) is 27.6 Å². The van der Waals surface area contributed by atoms with Crippen LogP contribution in [0.2, 0.25) is 5.02 Å². The van der Waals surface area contributed by atoms with E-state index in [1.807, 2.05) is 13.8 Å². The lowest BCUT2D eigenvalue weighted by atomic mass is 9.97. The van der Waals surface area contributed by atoms with E-state index in [1.54, 1.807) is 6.92 Å². The first-order chi connectivity index (χ1) is 20.4. The Balaban J connectivity index is -0.000000551. The van der Waals surface area contributed by atoms with Crippen molar-refractivity contribution < 1.29 is 36.2 Å². The third kappa shape index (κ3) is 22.4. The smallest absolute Gasteiger partial charge is 0.417 e. The predicted molar refractivity (Wildman–Crippen MR) is 168 cm³/mol. The van der Waals surface area contributed by atoms with Gasteiger partial charge < -0.3 is 22.3 Å². The van der Waals surface area contributed by atoms with Crippen LogP contribution >= 0.6 is 11.6 Å². The zero-order valence-corrected chi connectivity index (χ0v) is 26.7. The molecule has 1 saturated carbocycles. The minimum absolute atomic E-state index is 0.0852. The number of pyridine rings is 1. The van der Waals surface area contributed by atoms with Gasteiger partial charge in [-0.25, -0.2) is 4.79 Å². The lowest BCUT2D eigenvalue weighted by molar-refractivity contribution is -0.0856. The summed E-state index contributed by atoms with van der Waals surface area (Å²) in [4.78, 5) is 17.8. The van der Waals surface area contributed by atoms with E-state index < -0.39 is 24.4 Å². The van der Waals surface area contributed by atoms with Gasteiger partial charge in [-0.3, -0.25) is 9.98 Å². The van der Waals surface area contributed by atoms with E-state index in [0.717, 1.165) is 18.0 Å². The van der Waals surface area contributed by atoms with Crippen LogP contribution in [-0.2, 0) is 0 Å². The Bertz CT molecular complexity index is 1090. The molecule has 0 unspecified atom stereocenters. The summed E-state index contributed by atoms with van der Waals surface area (Å²) in [5.74, 6) is -1.00. The SMILES string of the molecule is C=CC(=C)N=C/C(=C\C(CN)=C(/C)N)C(F)(F)F.CC.CCCC1(CCN)CC1.Cc1ncc(Cl)cc1C(=O)O.FC(F)F. The van der Waals surface area contributed by atoms with Gasteiger partial charge in [0.2, 0.25) is 0 Å². The predicted octanol–water partition coefficient (Wildman–Crippen LogP) is 8.30. The number of halogens is 7. The highest BCUT2D eigenvalue weighted by Gasteiger charge is 2.40. The third-order valence-electron chi connectivity index (χ3n) is 5.68. The number of aromatic carboxylic acids is 1. The molecule has 0 aromatic carbocycles. The number of carboxylic acid groups (broad SMARTS) is 1. The van der Waals surface area contributed by atoms with Crippen molar-refractivity contribution in [1.29, 1.82) is 0 Å². The van der Waals surface area contributed by atoms with Gasteiger partial charge in [0.05, 0.1) is 27.6 Å². The van der Waals surface area contributed by atoms with Gasteiger partial charge in [0.15, 0.2) is 0 Å².